The van der Waals surface area contributed by atoms with Gasteiger partial charge in [-0.2, -0.15) is 0 Å². The molecular weight excluding hydrogens is 322 g/mol. The maximum atomic E-state index is 12.1. The summed E-state index contributed by atoms with van der Waals surface area (Å²) < 4.78 is 2.22. The highest BCUT2D eigenvalue weighted by Crippen LogP contribution is 2.24. The maximum Gasteiger partial charge on any atom is 0.319 e. The molecule has 2 heterocycles. The van der Waals surface area contributed by atoms with E-state index in [0.717, 1.165) is 35.2 Å². The fourth-order valence-electron chi connectivity index (χ4n) is 2.93. The molecule has 3 rings (SSSR count). The van der Waals surface area contributed by atoms with E-state index in [1.165, 1.54) is 19.3 Å². The van der Waals surface area contributed by atoms with Gasteiger partial charge in [-0.05, 0) is 31.2 Å². The summed E-state index contributed by atoms with van der Waals surface area (Å²) in [4.78, 5) is 13.1. The number of carbonyl (C=O) groups excluding carboxylic acids is 1. The predicted octanol–water partition coefficient (Wildman–Crippen LogP) is 3.09. The number of rotatable bonds is 5. The zero-order valence-electron chi connectivity index (χ0n) is 13.9. The van der Waals surface area contributed by atoms with Gasteiger partial charge >= 0.3 is 6.03 Å². The van der Waals surface area contributed by atoms with Gasteiger partial charge < -0.3 is 15.2 Å². The van der Waals surface area contributed by atoms with Gasteiger partial charge in [0.15, 0.2) is 0 Å². The van der Waals surface area contributed by atoms with E-state index in [1.54, 1.807) is 11.8 Å². The summed E-state index contributed by atoms with van der Waals surface area (Å²) in [6, 6.07) is 7.59. The lowest BCUT2D eigenvalue weighted by Crippen LogP contribution is -2.31. The highest BCUT2D eigenvalue weighted by atomic mass is 32.2. The van der Waals surface area contributed by atoms with Crippen molar-refractivity contribution in [2.24, 2.45) is 0 Å². The third-order valence-corrected chi connectivity index (χ3v) is 4.97. The number of nitrogens with one attached hydrogen (secondary N) is 2. The first-order chi connectivity index (χ1) is 11.8. The van der Waals surface area contributed by atoms with Crippen LogP contribution in [-0.2, 0) is 19.4 Å². The number of fused-ring (bicyclic) bond motifs is 1. The molecule has 2 amide bonds. The first kappa shape index (κ1) is 16.8. The zero-order chi connectivity index (χ0) is 16.8. The number of thioether (sulfide) groups is 1. The van der Waals surface area contributed by atoms with E-state index in [4.69, 9.17) is 0 Å². The molecule has 0 unspecified atom stereocenters. The molecule has 1 aliphatic rings. The molecule has 0 saturated heterocycles. The molecule has 1 aromatic heterocycles. The average molecular weight is 345 g/mol. The first-order valence-electron chi connectivity index (χ1n) is 8.37. The van der Waals surface area contributed by atoms with Crippen molar-refractivity contribution in [2.75, 3.05) is 18.1 Å². The monoisotopic (exact) mass is 345 g/mol. The van der Waals surface area contributed by atoms with Crippen molar-refractivity contribution in [3.63, 3.8) is 0 Å². The second-order valence-electron chi connectivity index (χ2n) is 5.83. The molecule has 24 heavy (non-hydrogen) atoms. The van der Waals surface area contributed by atoms with Crippen LogP contribution in [0.25, 0.3) is 0 Å². The normalized spacial score (nSPS) is 13.9. The Balaban J connectivity index is 1.51. The van der Waals surface area contributed by atoms with E-state index in [1.807, 2.05) is 30.5 Å². The molecule has 6 nitrogen and oxygen atoms in total. The molecule has 0 radical (unpaired) electrons. The van der Waals surface area contributed by atoms with E-state index >= 15 is 0 Å². The second kappa shape index (κ2) is 8.19. The van der Waals surface area contributed by atoms with Crippen LogP contribution in [-0.4, -0.2) is 33.6 Å². The first-order valence-corrected chi connectivity index (χ1v) is 9.59. The molecule has 1 aromatic carbocycles. The molecule has 0 spiro atoms. The lowest BCUT2D eigenvalue weighted by molar-refractivity contribution is 0.252. The summed E-state index contributed by atoms with van der Waals surface area (Å²) in [7, 11) is 0. The molecule has 0 bridgehead atoms. The number of carbonyl (C=O) groups is 1. The molecule has 128 valence electrons. The summed E-state index contributed by atoms with van der Waals surface area (Å²) in [5, 5.41) is 14.4. The Morgan fingerprint density at radius 2 is 2.12 bits per heavy atom. The summed E-state index contributed by atoms with van der Waals surface area (Å²) in [5.41, 5.74) is 0.832. The number of hydrogen-bond acceptors (Lipinski definition) is 4. The van der Waals surface area contributed by atoms with E-state index < -0.39 is 0 Å². The van der Waals surface area contributed by atoms with Crippen LogP contribution in [0.5, 0.6) is 0 Å². The number of para-hydroxylation sites is 1. The number of urea groups is 1. The quantitative estimate of drug-likeness (QED) is 0.817. The van der Waals surface area contributed by atoms with Gasteiger partial charge in [-0.1, -0.05) is 18.6 Å². The summed E-state index contributed by atoms with van der Waals surface area (Å²) in [6.07, 6.45) is 7.32. The molecule has 7 heteroatoms. The predicted molar refractivity (Wildman–Crippen MR) is 96.5 cm³/mol. The van der Waals surface area contributed by atoms with Crippen molar-refractivity contribution in [1.82, 2.24) is 20.1 Å². The van der Waals surface area contributed by atoms with Gasteiger partial charge in [0.1, 0.15) is 11.6 Å². The van der Waals surface area contributed by atoms with Crippen LogP contribution in [0.3, 0.4) is 0 Å². The molecule has 2 N–H and O–H groups in total. The maximum absolute atomic E-state index is 12.1. The van der Waals surface area contributed by atoms with Gasteiger partial charge in [-0.25, -0.2) is 4.79 Å². The number of aromatic nitrogens is 3. The van der Waals surface area contributed by atoms with Crippen molar-refractivity contribution in [3.8, 4) is 0 Å². The largest absolute Gasteiger partial charge is 0.337 e. The van der Waals surface area contributed by atoms with Gasteiger partial charge in [0, 0.05) is 30.8 Å². The van der Waals surface area contributed by atoms with E-state index in [-0.39, 0.29) is 6.03 Å². The van der Waals surface area contributed by atoms with Crippen molar-refractivity contribution in [3.05, 3.63) is 35.9 Å². The fraction of sp³-hybridized carbons (Fsp3) is 0.471. The van der Waals surface area contributed by atoms with Crippen LogP contribution in [0.2, 0.25) is 0 Å². The SMILES string of the molecule is CSc1ccccc1NC(=O)NCCc1nnc2n1CCCCC2. The number of hydrogen-bond donors (Lipinski definition) is 2. The van der Waals surface area contributed by atoms with Crippen molar-refractivity contribution >= 4 is 23.5 Å². The highest BCUT2D eigenvalue weighted by molar-refractivity contribution is 7.98. The molecule has 2 aromatic rings. The van der Waals surface area contributed by atoms with Crippen molar-refractivity contribution < 1.29 is 4.79 Å². The number of amides is 2. The van der Waals surface area contributed by atoms with Crippen LogP contribution < -0.4 is 10.6 Å². The lowest BCUT2D eigenvalue weighted by Gasteiger charge is -2.11. The molecular formula is C17H23N5OS. The Morgan fingerprint density at radius 3 is 3.00 bits per heavy atom. The molecule has 0 saturated carbocycles. The fourth-order valence-corrected chi connectivity index (χ4v) is 3.49. The third-order valence-electron chi connectivity index (χ3n) is 4.18. The molecule has 0 aliphatic carbocycles. The summed E-state index contributed by atoms with van der Waals surface area (Å²) in [5.74, 6) is 2.05. The van der Waals surface area contributed by atoms with Crippen molar-refractivity contribution in [1.29, 1.82) is 0 Å². The second-order valence-corrected chi connectivity index (χ2v) is 6.67. The van der Waals surface area contributed by atoms with E-state index in [2.05, 4.69) is 25.4 Å². The number of nitrogens with zero attached hydrogens (tertiary/aromatic N) is 3. The van der Waals surface area contributed by atoms with Gasteiger partial charge in [-0.3, -0.25) is 0 Å². The molecule has 0 fully saturated rings. The lowest BCUT2D eigenvalue weighted by atomic mass is 10.2. The minimum atomic E-state index is -0.188. The third kappa shape index (κ3) is 4.08. The number of anilines is 1. The van der Waals surface area contributed by atoms with Crippen molar-refractivity contribution in [2.45, 2.75) is 43.5 Å². The van der Waals surface area contributed by atoms with Gasteiger partial charge in [-0.15, -0.1) is 22.0 Å². The van der Waals surface area contributed by atoms with Gasteiger partial charge in [0.25, 0.3) is 0 Å². The smallest absolute Gasteiger partial charge is 0.319 e. The highest BCUT2D eigenvalue weighted by Gasteiger charge is 2.14. The minimum absolute atomic E-state index is 0.188. The van der Waals surface area contributed by atoms with Crippen LogP contribution >= 0.6 is 11.8 Å². The Kier molecular flexibility index (Phi) is 5.74. The van der Waals surface area contributed by atoms with Crippen LogP contribution in [0.15, 0.2) is 29.2 Å². The summed E-state index contributed by atoms with van der Waals surface area (Å²) in [6.45, 7) is 1.54. The summed E-state index contributed by atoms with van der Waals surface area (Å²) >= 11 is 1.61. The Bertz CT molecular complexity index is 700. The molecule has 0 atom stereocenters. The molecule has 1 aliphatic heterocycles. The van der Waals surface area contributed by atoms with Crippen LogP contribution in [0, 0.1) is 0 Å². The zero-order valence-corrected chi connectivity index (χ0v) is 14.7. The number of benzene rings is 1. The van der Waals surface area contributed by atoms with Gasteiger partial charge in [0.2, 0.25) is 0 Å². The Morgan fingerprint density at radius 1 is 1.25 bits per heavy atom. The minimum Gasteiger partial charge on any atom is -0.337 e. The Hall–Kier alpha value is -2.02. The van der Waals surface area contributed by atoms with Crippen LogP contribution in [0.1, 0.15) is 30.9 Å². The van der Waals surface area contributed by atoms with Crippen LogP contribution in [0.4, 0.5) is 10.5 Å². The van der Waals surface area contributed by atoms with E-state index in [9.17, 15) is 4.79 Å². The standard InChI is InChI=1S/C17H23N5OS/c1-24-14-8-5-4-7-13(14)19-17(23)18-11-10-16-21-20-15-9-3-2-6-12-22(15)16/h4-5,7-8H,2-3,6,9-12H2,1H3,(H2,18,19,23). The number of aryl methyl sites for hydroxylation is 1. The average Bonchev–Trinajstić information content (AvgIpc) is 2.82. The van der Waals surface area contributed by atoms with Gasteiger partial charge in [0.05, 0.1) is 5.69 Å². The Labute approximate surface area is 146 Å². The topological polar surface area (TPSA) is 71.8 Å². The van der Waals surface area contributed by atoms with E-state index in [0.29, 0.717) is 13.0 Å².